The zero-order valence-electron chi connectivity index (χ0n) is 12.4. The number of hydrogen-bond acceptors (Lipinski definition) is 6. The number of rotatable bonds is 9. The van der Waals surface area contributed by atoms with Crippen molar-refractivity contribution in [3.8, 4) is 0 Å². The summed E-state index contributed by atoms with van der Waals surface area (Å²) in [6, 6.07) is 0. The van der Waals surface area contributed by atoms with Crippen LogP contribution in [-0.4, -0.2) is 47.4 Å². The maximum Gasteiger partial charge on any atom is 0.183 e. The molecule has 0 aromatic carbocycles. The molecule has 0 aromatic rings. The molecule has 21 heavy (non-hydrogen) atoms. The second-order valence-electron chi connectivity index (χ2n) is 5.38. The van der Waals surface area contributed by atoms with Gasteiger partial charge in [0.25, 0.3) is 0 Å². The third kappa shape index (κ3) is 7.57. The molecule has 6 nitrogen and oxygen atoms in total. The van der Waals surface area contributed by atoms with E-state index in [0.717, 1.165) is 38.2 Å². The molecule has 1 rings (SSSR count). The van der Waals surface area contributed by atoms with Crippen molar-refractivity contribution < 1.29 is 29.6 Å². The summed E-state index contributed by atoms with van der Waals surface area (Å²) in [5.41, 5.74) is 0. The van der Waals surface area contributed by atoms with Gasteiger partial charge in [0, 0.05) is 13.0 Å². The fourth-order valence-corrected chi connectivity index (χ4v) is 2.19. The molecule has 1 aliphatic rings. The third-order valence-electron chi connectivity index (χ3n) is 3.49. The molecular weight excluding hydrogens is 276 g/mol. The van der Waals surface area contributed by atoms with Gasteiger partial charge in [-0.05, 0) is 32.3 Å². The molecule has 0 radical (unpaired) electrons. The molecule has 0 bridgehead atoms. The van der Waals surface area contributed by atoms with Crippen molar-refractivity contribution in [1.82, 2.24) is 0 Å². The molecule has 1 aliphatic heterocycles. The predicted molar refractivity (Wildman–Crippen MR) is 74.1 cm³/mol. The summed E-state index contributed by atoms with van der Waals surface area (Å²) < 4.78 is 10.9. The first-order valence-corrected chi connectivity index (χ1v) is 7.51. The van der Waals surface area contributed by atoms with Crippen LogP contribution in [0, 0.1) is 0 Å². The van der Waals surface area contributed by atoms with Gasteiger partial charge in [0.1, 0.15) is 6.10 Å². The SMILES string of the molecule is C[C@@H]1O[C@@H](OCCCCCC/C=C/C(=O)[O-])[C@H](O)C[C@H]1O. The lowest BCUT2D eigenvalue weighted by Crippen LogP contribution is -2.47. The van der Waals surface area contributed by atoms with Crippen LogP contribution in [0.2, 0.25) is 0 Å². The lowest BCUT2D eigenvalue weighted by Gasteiger charge is -2.35. The molecule has 0 spiro atoms. The number of ether oxygens (including phenoxy) is 2. The highest BCUT2D eigenvalue weighted by molar-refractivity contribution is 5.77. The van der Waals surface area contributed by atoms with Gasteiger partial charge in [-0.25, -0.2) is 0 Å². The van der Waals surface area contributed by atoms with Crippen molar-refractivity contribution >= 4 is 5.97 Å². The number of unbranched alkanes of at least 4 members (excludes halogenated alkanes) is 4. The number of carbonyl (C=O) groups is 1. The maximum atomic E-state index is 10.1. The second kappa shape index (κ2) is 9.89. The van der Waals surface area contributed by atoms with Gasteiger partial charge in [0.05, 0.1) is 18.2 Å². The smallest absolute Gasteiger partial charge is 0.183 e. The van der Waals surface area contributed by atoms with E-state index in [0.29, 0.717) is 6.61 Å². The molecule has 0 unspecified atom stereocenters. The first kappa shape index (κ1) is 18.1. The van der Waals surface area contributed by atoms with E-state index in [4.69, 9.17) is 9.47 Å². The zero-order valence-corrected chi connectivity index (χ0v) is 12.4. The molecule has 4 atom stereocenters. The largest absolute Gasteiger partial charge is 0.545 e. The van der Waals surface area contributed by atoms with Crippen molar-refractivity contribution in [3.05, 3.63) is 12.2 Å². The molecule has 1 heterocycles. The Labute approximate surface area is 125 Å². The molecular formula is C15H25O6-. The van der Waals surface area contributed by atoms with Crippen LogP contribution in [0.1, 0.15) is 45.4 Å². The number of carboxylic acids is 1. The number of carboxylic acid groups (broad SMARTS) is 1. The van der Waals surface area contributed by atoms with E-state index in [-0.39, 0.29) is 12.5 Å². The number of carbonyl (C=O) groups excluding carboxylic acids is 1. The number of hydrogen-bond donors (Lipinski definition) is 2. The minimum atomic E-state index is -1.16. The molecule has 122 valence electrons. The lowest BCUT2D eigenvalue weighted by molar-refractivity contribution is -0.297. The summed E-state index contributed by atoms with van der Waals surface area (Å²) >= 11 is 0. The van der Waals surface area contributed by atoms with Gasteiger partial charge in [-0.2, -0.15) is 0 Å². The summed E-state index contributed by atoms with van der Waals surface area (Å²) in [6.07, 6.45) is 4.99. The highest BCUT2D eigenvalue weighted by atomic mass is 16.7. The number of aliphatic hydroxyl groups is 2. The van der Waals surface area contributed by atoms with E-state index < -0.39 is 24.5 Å². The van der Waals surface area contributed by atoms with E-state index in [1.54, 1.807) is 13.0 Å². The van der Waals surface area contributed by atoms with Crippen LogP contribution in [0.3, 0.4) is 0 Å². The van der Waals surface area contributed by atoms with E-state index >= 15 is 0 Å². The molecule has 1 fully saturated rings. The monoisotopic (exact) mass is 301 g/mol. The molecule has 6 heteroatoms. The van der Waals surface area contributed by atoms with Crippen LogP contribution < -0.4 is 5.11 Å². The fourth-order valence-electron chi connectivity index (χ4n) is 2.19. The first-order valence-electron chi connectivity index (χ1n) is 7.51. The molecule has 1 saturated heterocycles. The van der Waals surface area contributed by atoms with Gasteiger partial charge in [0.15, 0.2) is 6.29 Å². The van der Waals surface area contributed by atoms with Crippen molar-refractivity contribution in [1.29, 1.82) is 0 Å². The minimum Gasteiger partial charge on any atom is -0.545 e. The average Bonchev–Trinajstić information content (AvgIpc) is 2.42. The molecule has 0 aliphatic carbocycles. The Morgan fingerprint density at radius 3 is 2.71 bits per heavy atom. The normalized spacial score (nSPS) is 29.9. The van der Waals surface area contributed by atoms with Crippen LogP contribution >= 0.6 is 0 Å². The van der Waals surface area contributed by atoms with E-state index in [2.05, 4.69) is 0 Å². The molecule has 0 amide bonds. The van der Waals surface area contributed by atoms with Crippen LogP contribution in [0.15, 0.2) is 12.2 Å². The summed E-state index contributed by atoms with van der Waals surface area (Å²) in [5, 5.41) is 29.4. The van der Waals surface area contributed by atoms with E-state index in [1.807, 2.05) is 0 Å². The summed E-state index contributed by atoms with van der Waals surface area (Å²) in [5.74, 6) is -1.16. The Hall–Kier alpha value is -0.950. The predicted octanol–water partition coefficient (Wildman–Crippen LogP) is 0.116. The number of aliphatic hydroxyl groups excluding tert-OH is 2. The van der Waals surface area contributed by atoms with Crippen LogP contribution in [-0.2, 0) is 14.3 Å². The number of allylic oxidation sites excluding steroid dienone is 1. The Morgan fingerprint density at radius 2 is 2.00 bits per heavy atom. The summed E-state index contributed by atoms with van der Waals surface area (Å²) in [7, 11) is 0. The van der Waals surface area contributed by atoms with Gasteiger partial charge in [-0.1, -0.05) is 18.9 Å². The van der Waals surface area contributed by atoms with E-state index in [9.17, 15) is 20.1 Å². The topological polar surface area (TPSA) is 99.1 Å². The van der Waals surface area contributed by atoms with Gasteiger partial charge in [-0.15, -0.1) is 0 Å². The highest BCUT2D eigenvalue weighted by Gasteiger charge is 2.34. The summed E-state index contributed by atoms with van der Waals surface area (Å²) in [4.78, 5) is 10.1. The number of aliphatic carboxylic acids is 1. The van der Waals surface area contributed by atoms with Crippen molar-refractivity contribution in [2.24, 2.45) is 0 Å². The average molecular weight is 301 g/mol. The first-order chi connectivity index (χ1) is 10.0. The van der Waals surface area contributed by atoms with Crippen molar-refractivity contribution in [2.45, 2.75) is 70.1 Å². The van der Waals surface area contributed by atoms with Crippen LogP contribution in [0.5, 0.6) is 0 Å². The van der Waals surface area contributed by atoms with E-state index in [1.165, 1.54) is 0 Å². The lowest BCUT2D eigenvalue weighted by atomic mass is 10.0. The quantitative estimate of drug-likeness (QED) is 0.463. The Kier molecular flexibility index (Phi) is 8.52. The van der Waals surface area contributed by atoms with Crippen LogP contribution in [0.25, 0.3) is 0 Å². The summed E-state index contributed by atoms with van der Waals surface area (Å²) in [6.45, 7) is 2.26. The molecule has 2 N–H and O–H groups in total. The zero-order chi connectivity index (χ0) is 15.7. The van der Waals surface area contributed by atoms with Gasteiger partial charge >= 0.3 is 0 Å². The second-order valence-corrected chi connectivity index (χ2v) is 5.38. The standard InChI is InChI=1S/C15H26O6/c1-11-12(16)10-13(17)15(21-11)20-9-7-5-3-2-4-6-8-14(18)19/h6,8,11-13,15-17H,2-5,7,9-10H2,1H3,(H,18,19)/p-1/b8-6+/t11-,12+,13+,15+/m0/s1. The minimum absolute atomic E-state index is 0.274. The Balaban J connectivity index is 2.00. The van der Waals surface area contributed by atoms with Gasteiger partial charge in [-0.3, -0.25) is 0 Å². The third-order valence-corrected chi connectivity index (χ3v) is 3.49. The van der Waals surface area contributed by atoms with Crippen molar-refractivity contribution in [3.63, 3.8) is 0 Å². The van der Waals surface area contributed by atoms with Gasteiger partial charge < -0.3 is 29.6 Å². The van der Waals surface area contributed by atoms with Crippen molar-refractivity contribution in [2.75, 3.05) is 6.61 Å². The Bertz CT molecular complexity index is 330. The molecule has 0 saturated carbocycles. The van der Waals surface area contributed by atoms with Gasteiger partial charge in [0.2, 0.25) is 0 Å². The van der Waals surface area contributed by atoms with Crippen LogP contribution in [0.4, 0.5) is 0 Å². The molecule has 0 aromatic heterocycles. The fraction of sp³-hybridized carbons (Fsp3) is 0.800. The maximum absolute atomic E-state index is 10.1. The highest BCUT2D eigenvalue weighted by Crippen LogP contribution is 2.21. The Morgan fingerprint density at radius 1 is 1.29 bits per heavy atom.